The SMILES string of the molecule is COC(=O)N[C@H](C(=O)N[C@@H](Cc1ccc(C#Cc2ccc(N3CC4CCC(C3)N4C3COC3)nc2)cc1)[C@@H](O)CN(Cc1c(F)cc(C(=N)/C=C\N[C@@H]2CCOC2)cc1F)NC(=O)[C@@H](NC(=O)OC)C(C)(C)C(F)(F)F)C(C)(C)C(F)(F)F. The number of alkyl halides is 6. The number of halogens is 8. The number of aliphatic hydroxyl groups excluding tert-OH is 1. The van der Waals surface area contributed by atoms with Gasteiger partial charge in [-0.25, -0.2) is 28.4 Å². The molecule has 0 saturated carbocycles. The number of hydrazine groups is 1. The highest BCUT2D eigenvalue weighted by molar-refractivity contribution is 6.06. The number of fused-ring (bicyclic) bond motifs is 2. The molecular formula is C56H68F8N10O9. The third-order valence-corrected chi connectivity index (χ3v) is 15.5. The lowest BCUT2D eigenvalue weighted by Gasteiger charge is -2.47. The van der Waals surface area contributed by atoms with Crippen molar-refractivity contribution in [2.75, 3.05) is 65.2 Å². The molecule has 4 amide bonds. The molecule has 4 aliphatic heterocycles. The van der Waals surface area contributed by atoms with E-state index in [1.165, 1.54) is 24.4 Å². The number of alkyl carbamates (subject to hydrolysis) is 2. The number of pyridine rings is 1. The van der Waals surface area contributed by atoms with Crippen molar-refractivity contribution in [3.8, 4) is 11.8 Å². The fourth-order valence-corrected chi connectivity index (χ4v) is 10.1. The number of rotatable bonds is 21. The normalized spacial score (nSPS) is 20.1. The van der Waals surface area contributed by atoms with E-state index in [2.05, 4.69) is 52.2 Å². The van der Waals surface area contributed by atoms with Crippen LogP contribution in [0.1, 0.15) is 74.8 Å². The summed E-state index contributed by atoms with van der Waals surface area (Å²) in [5, 5.41) is 30.2. The summed E-state index contributed by atoms with van der Waals surface area (Å²) in [6, 6.07) is 6.03. The molecule has 2 aromatic carbocycles. The molecule has 27 heteroatoms. The minimum absolute atomic E-state index is 0.0630. The Kier molecular flexibility index (Phi) is 20.4. The maximum Gasteiger partial charge on any atom is 0.407 e. The van der Waals surface area contributed by atoms with Gasteiger partial charge in [-0.05, 0) is 108 Å². The second kappa shape index (κ2) is 26.6. The number of carbonyl (C=O) groups is 4. The number of aromatic nitrogens is 1. The van der Waals surface area contributed by atoms with Crippen molar-refractivity contribution >= 4 is 35.5 Å². The Morgan fingerprint density at radius 2 is 1.36 bits per heavy atom. The minimum atomic E-state index is -5.20. The zero-order chi connectivity index (χ0) is 60.6. The summed E-state index contributed by atoms with van der Waals surface area (Å²) in [6.45, 7) is 4.35. The lowest BCUT2D eigenvalue weighted by atomic mass is 9.82. The Bertz CT molecular complexity index is 2850. The molecule has 452 valence electrons. The number of amides is 4. The average Bonchev–Trinajstić information content (AvgIpc) is 3.44. The first-order chi connectivity index (χ1) is 39.1. The highest BCUT2D eigenvalue weighted by atomic mass is 19.4. The van der Waals surface area contributed by atoms with Crippen molar-refractivity contribution in [1.82, 2.24) is 41.6 Å². The molecule has 19 nitrogen and oxygen atoms in total. The van der Waals surface area contributed by atoms with Gasteiger partial charge in [0.15, 0.2) is 0 Å². The number of allylic oxidation sites excluding steroid dienone is 1. The first kappa shape index (κ1) is 63.5. The number of nitrogens with one attached hydrogen (secondary N) is 6. The molecule has 7 N–H and O–H groups in total. The molecule has 0 aliphatic carbocycles. The van der Waals surface area contributed by atoms with Crippen molar-refractivity contribution < 1.29 is 78.4 Å². The van der Waals surface area contributed by atoms with Gasteiger partial charge >= 0.3 is 24.5 Å². The van der Waals surface area contributed by atoms with E-state index in [0.717, 1.165) is 71.3 Å². The molecule has 1 aromatic heterocycles. The molecule has 3 aromatic rings. The number of anilines is 1. The molecule has 4 aliphatic rings. The minimum Gasteiger partial charge on any atom is -0.453 e. The van der Waals surface area contributed by atoms with Crippen LogP contribution in [0.5, 0.6) is 0 Å². The summed E-state index contributed by atoms with van der Waals surface area (Å²) in [5.74, 6) is 1.11. The maximum atomic E-state index is 16.2. The van der Waals surface area contributed by atoms with E-state index in [1.807, 2.05) is 22.8 Å². The molecular weight excluding hydrogens is 1110 g/mol. The van der Waals surface area contributed by atoms with E-state index >= 15 is 8.78 Å². The molecule has 2 unspecified atom stereocenters. The van der Waals surface area contributed by atoms with E-state index in [1.54, 1.807) is 18.3 Å². The van der Waals surface area contributed by atoms with Gasteiger partial charge in [0, 0.05) is 73.3 Å². The molecule has 7 atom stereocenters. The summed E-state index contributed by atoms with van der Waals surface area (Å²) >= 11 is 0. The summed E-state index contributed by atoms with van der Waals surface area (Å²) in [6.07, 6.45) is -8.63. The van der Waals surface area contributed by atoms with Crippen LogP contribution in [-0.2, 0) is 41.5 Å². The van der Waals surface area contributed by atoms with Crippen LogP contribution in [0, 0.1) is 39.7 Å². The Morgan fingerprint density at radius 1 is 0.795 bits per heavy atom. The average molecular weight is 1180 g/mol. The van der Waals surface area contributed by atoms with Gasteiger partial charge in [0.25, 0.3) is 5.91 Å². The van der Waals surface area contributed by atoms with E-state index in [0.29, 0.717) is 87.2 Å². The quantitative estimate of drug-likeness (QED) is 0.0297. The van der Waals surface area contributed by atoms with E-state index in [9.17, 15) is 50.6 Å². The van der Waals surface area contributed by atoms with Gasteiger partial charge in [0.1, 0.15) is 29.5 Å². The molecule has 7 rings (SSSR count). The standard InChI is InChI=1S/C56H68F8N10O9/c1-53(2,55(59,60)61)47(69-51(78)80-5)49(76)68-44(21-33-10-7-32(8-11-33)9-12-34-13-16-46(67-24-34)72-25-37-14-15-38(26-72)74(37)39-30-83-31-39)45(75)28-73(71-50(77)48(70-52(79)81-6)54(3,4)56(62,63)64)27-40-41(57)22-35(23-42(40)58)43(65)17-19-66-36-18-20-82-29-36/h7-8,10-11,13,16-17,19,22-24,36-39,44-45,47-48,65-66,75H,14-15,18,20-21,25-31H2,1-6H3,(H,68,76)(H,69,78)(H,70,79)(H,71,77)/b19-17-,65-43?/t36-,37?,38?,44+,45+,47-,48-/m1/s1. The van der Waals surface area contributed by atoms with Crippen LogP contribution in [-0.4, -0.2) is 171 Å². The second-order valence-corrected chi connectivity index (χ2v) is 22.0. The van der Waals surface area contributed by atoms with Crippen molar-refractivity contribution in [1.29, 1.82) is 5.41 Å². The van der Waals surface area contributed by atoms with Crippen LogP contribution in [0.3, 0.4) is 0 Å². The Hall–Kier alpha value is -7.12. The number of aliphatic hydroxyl groups is 1. The molecule has 5 heterocycles. The van der Waals surface area contributed by atoms with Crippen LogP contribution in [0.15, 0.2) is 67.0 Å². The fraction of sp³-hybridized carbons (Fsp3) is 0.536. The van der Waals surface area contributed by atoms with Gasteiger partial charge in [-0.2, -0.15) is 26.3 Å². The molecule has 0 radical (unpaired) electrons. The summed E-state index contributed by atoms with van der Waals surface area (Å²) in [7, 11) is 1.65. The lowest BCUT2D eigenvalue weighted by Crippen LogP contribution is -2.63. The van der Waals surface area contributed by atoms with E-state index in [-0.39, 0.29) is 17.3 Å². The zero-order valence-corrected chi connectivity index (χ0v) is 46.5. The number of nitrogens with zero attached hydrogens (tertiary/aromatic N) is 4. The van der Waals surface area contributed by atoms with Crippen LogP contribution in [0.2, 0.25) is 0 Å². The predicted octanol–water partition coefficient (Wildman–Crippen LogP) is 5.62. The van der Waals surface area contributed by atoms with Gasteiger partial charge in [-0.3, -0.25) is 19.9 Å². The smallest absolute Gasteiger partial charge is 0.407 e. The van der Waals surface area contributed by atoms with Crippen LogP contribution in [0.25, 0.3) is 0 Å². The third kappa shape index (κ3) is 15.6. The highest BCUT2D eigenvalue weighted by Gasteiger charge is 2.57. The Balaban J connectivity index is 1.17. The predicted molar refractivity (Wildman–Crippen MR) is 285 cm³/mol. The summed E-state index contributed by atoms with van der Waals surface area (Å²) in [4.78, 5) is 62.6. The first-order valence-electron chi connectivity index (χ1n) is 26.7. The van der Waals surface area contributed by atoms with Crippen molar-refractivity contribution in [3.05, 3.63) is 106 Å². The number of hydrogen-bond donors (Lipinski definition) is 7. The number of methoxy groups -OCH3 is 2. The second-order valence-electron chi connectivity index (χ2n) is 22.0. The van der Waals surface area contributed by atoms with Crippen LogP contribution >= 0.6 is 0 Å². The van der Waals surface area contributed by atoms with E-state index < -0.39 is 108 Å². The first-order valence-corrected chi connectivity index (χ1v) is 26.7. The van der Waals surface area contributed by atoms with Crippen LogP contribution in [0.4, 0.5) is 50.5 Å². The Labute approximate surface area is 474 Å². The number of carbonyl (C=O) groups excluding carboxylic acids is 4. The number of benzene rings is 2. The molecule has 83 heavy (non-hydrogen) atoms. The van der Waals surface area contributed by atoms with Gasteiger partial charge in [0.05, 0.1) is 74.8 Å². The van der Waals surface area contributed by atoms with Gasteiger partial charge in [-0.1, -0.05) is 24.0 Å². The van der Waals surface area contributed by atoms with E-state index in [4.69, 9.17) is 14.9 Å². The maximum absolute atomic E-state index is 16.2. The largest absolute Gasteiger partial charge is 0.453 e. The summed E-state index contributed by atoms with van der Waals surface area (Å²) in [5.41, 5.74) is -4.09. The molecule has 0 spiro atoms. The van der Waals surface area contributed by atoms with Gasteiger partial charge in [-0.15, -0.1) is 0 Å². The topological polar surface area (TPSA) is 232 Å². The summed E-state index contributed by atoms with van der Waals surface area (Å²) < 4.78 is 140. The van der Waals surface area contributed by atoms with Gasteiger partial charge in [0.2, 0.25) is 5.91 Å². The number of hydrogen-bond acceptors (Lipinski definition) is 15. The lowest BCUT2D eigenvalue weighted by molar-refractivity contribution is -0.221. The number of ether oxygens (including phenoxy) is 4. The number of piperazine rings is 1. The van der Waals surface area contributed by atoms with Gasteiger partial charge < -0.3 is 55.6 Å². The fourth-order valence-electron chi connectivity index (χ4n) is 10.1. The zero-order valence-electron chi connectivity index (χ0n) is 46.5. The van der Waals surface area contributed by atoms with Crippen molar-refractivity contribution in [3.63, 3.8) is 0 Å². The molecule has 2 bridgehead atoms. The third-order valence-electron chi connectivity index (χ3n) is 15.5. The Morgan fingerprint density at radius 3 is 1.87 bits per heavy atom. The monoisotopic (exact) mass is 1180 g/mol. The van der Waals surface area contributed by atoms with Crippen molar-refractivity contribution in [2.45, 2.75) is 121 Å². The molecule has 4 saturated heterocycles. The molecule has 4 fully saturated rings. The van der Waals surface area contributed by atoms with Crippen molar-refractivity contribution in [2.24, 2.45) is 10.8 Å². The highest BCUT2D eigenvalue weighted by Crippen LogP contribution is 2.42. The van der Waals surface area contributed by atoms with Crippen LogP contribution < -0.4 is 31.6 Å².